The molecule has 41 heavy (non-hydrogen) atoms. The highest BCUT2D eigenvalue weighted by Crippen LogP contribution is 2.34. The summed E-state index contributed by atoms with van der Waals surface area (Å²) in [4.78, 5) is 0. The molecule has 0 saturated heterocycles. The molecule has 0 bridgehead atoms. The standard InChI is InChI=1S/C32H34O9/c33-13-19-7-25(11-21-3-1-5-23(15-35)29(21)37)31(39)27(9-19)17-41-18-28-10-20(14-34)8-26(32(28)40)12-22-4-2-6-24(16-36)30(22)38/h1-10,33-40H,11-18H2. The highest BCUT2D eigenvalue weighted by atomic mass is 16.5. The Morgan fingerprint density at radius 3 is 1.12 bits per heavy atom. The number of aliphatic hydroxyl groups excluding tert-OH is 4. The van der Waals surface area contributed by atoms with Crippen molar-refractivity contribution in [1.29, 1.82) is 0 Å². The van der Waals surface area contributed by atoms with Gasteiger partial charge < -0.3 is 45.6 Å². The first-order chi connectivity index (χ1) is 19.8. The first-order valence-electron chi connectivity index (χ1n) is 13.1. The minimum Gasteiger partial charge on any atom is -0.507 e. The monoisotopic (exact) mass is 562 g/mol. The van der Waals surface area contributed by atoms with Crippen LogP contribution in [0, 0.1) is 0 Å². The molecule has 9 nitrogen and oxygen atoms in total. The molecule has 9 heteroatoms. The summed E-state index contributed by atoms with van der Waals surface area (Å²) in [6, 6.07) is 16.4. The lowest BCUT2D eigenvalue weighted by Crippen LogP contribution is -2.02. The second-order valence-corrected chi connectivity index (χ2v) is 9.85. The second-order valence-electron chi connectivity index (χ2n) is 9.85. The quantitative estimate of drug-likeness (QED) is 0.129. The summed E-state index contributed by atoms with van der Waals surface area (Å²) in [5.74, 6) is -0.255. The van der Waals surface area contributed by atoms with Crippen LogP contribution in [0.2, 0.25) is 0 Å². The minimum atomic E-state index is -0.330. The SMILES string of the molecule is OCc1cc(COCc2cc(CO)cc(Cc3cccc(CO)c3O)c2O)c(O)c(Cc2cccc(CO)c2O)c1. The summed E-state index contributed by atoms with van der Waals surface area (Å²) in [6.07, 6.45) is 0.304. The van der Waals surface area contributed by atoms with Crippen molar-refractivity contribution in [2.75, 3.05) is 0 Å². The molecule has 4 aromatic rings. The third-order valence-electron chi connectivity index (χ3n) is 7.04. The zero-order chi connectivity index (χ0) is 29.5. The largest absolute Gasteiger partial charge is 0.507 e. The van der Waals surface area contributed by atoms with Gasteiger partial charge in [-0.1, -0.05) is 36.4 Å². The van der Waals surface area contributed by atoms with E-state index in [9.17, 15) is 40.9 Å². The number of aromatic hydroxyl groups is 4. The zero-order valence-corrected chi connectivity index (χ0v) is 22.4. The molecule has 0 amide bonds. The Bertz CT molecular complexity index is 1400. The Balaban J connectivity index is 1.55. The molecule has 4 aromatic carbocycles. The molecule has 0 heterocycles. The van der Waals surface area contributed by atoms with Gasteiger partial charge in [-0.15, -0.1) is 0 Å². The lowest BCUT2D eigenvalue weighted by atomic mass is 9.96. The van der Waals surface area contributed by atoms with E-state index in [1.165, 1.54) is 0 Å². The minimum absolute atomic E-state index is 0.0620. The van der Waals surface area contributed by atoms with Crippen molar-refractivity contribution in [1.82, 2.24) is 0 Å². The number of hydrogen-bond donors (Lipinski definition) is 8. The van der Waals surface area contributed by atoms with E-state index in [1.54, 1.807) is 60.7 Å². The molecular formula is C32H34O9. The first-order valence-corrected chi connectivity index (χ1v) is 13.1. The van der Waals surface area contributed by atoms with E-state index in [0.29, 0.717) is 55.6 Å². The van der Waals surface area contributed by atoms with Crippen LogP contribution in [0.4, 0.5) is 0 Å². The summed E-state index contributed by atoms with van der Waals surface area (Å²) in [7, 11) is 0. The van der Waals surface area contributed by atoms with Crippen LogP contribution in [-0.4, -0.2) is 40.9 Å². The normalized spacial score (nSPS) is 11.2. The molecule has 0 saturated carbocycles. The predicted octanol–water partition coefficient (Wildman–Crippen LogP) is 3.38. The average Bonchev–Trinajstić information content (AvgIpc) is 2.98. The summed E-state index contributed by atoms with van der Waals surface area (Å²) in [6.45, 7) is -1.35. The van der Waals surface area contributed by atoms with Crippen LogP contribution in [0.1, 0.15) is 55.6 Å². The fraction of sp³-hybridized carbons (Fsp3) is 0.250. The van der Waals surface area contributed by atoms with E-state index in [1.807, 2.05) is 0 Å². The molecule has 0 aromatic heterocycles. The van der Waals surface area contributed by atoms with Crippen molar-refractivity contribution < 1.29 is 45.6 Å². The molecule has 0 unspecified atom stereocenters. The van der Waals surface area contributed by atoms with Crippen LogP contribution in [0.15, 0.2) is 60.7 Å². The van der Waals surface area contributed by atoms with E-state index in [4.69, 9.17) is 4.74 Å². The summed E-state index contributed by atoms with van der Waals surface area (Å²) < 4.78 is 5.85. The number of phenols is 4. The number of para-hydroxylation sites is 2. The summed E-state index contributed by atoms with van der Waals surface area (Å²) in [5.41, 5.74) is 4.51. The van der Waals surface area contributed by atoms with E-state index in [0.717, 1.165) is 0 Å². The Morgan fingerprint density at radius 1 is 0.415 bits per heavy atom. The Hall–Kier alpha value is -4.12. The molecule has 8 N–H and O–H groups in total. The highest BCUT2D eigenvalue weighted by molar-refractivity contribution is 5.51. The maximum Gasteiger partial charge on any atom is 0.124 e. The fourth-order valence-electron chi connectivity index (χ4n) is 4.85. The molecule has 0 radical (unpaired) electrons. The number of phenolic OH excluding ortho intramolecular Hbond substituents is 2. The maximum atomic E-state index is 11.0. The number of hydrogen-bond acceptors (Lipinski definition) is 9. The fourth-order valence-corrected chi connectivity index (χ4v) is 4.85. The van der Waals surface area contributed by atoms with Gasteiger partial charge in [0.1, 0.15) is 23.0 Å². The number of benzene rings is 4. The van der Waals surface area contributed by atoms with Crippen LogP contribution in [0.5, 0.6) is 23.0 Å². The van der Waals surface area contributed by atoms with Crippen molar-refractivity contribution >= 4 is 0 Å². The van der Waals surface area contributed by atoms with Gasteiger partial charge in [0.2, 0.25) is 0 Å². The predicted molar refractivity (Wildman–Crippen MR) is 150 cm³/mol. The lowest BCUT2D eigenvalue weighted by molar-refractivity contribution is 0.103. The molecule has 4 rings (SSSR count). The molecule has 0 spiro atoms. The zero-order valence-electron chi connectivity index (χ0n) is 22.4. The summed E-state index contributed by atoms with van der Waals surface area (Å²) in [5, 5.41) is 81.3. The van der Waals surface area contributed by atoms with E-state index >= 15 is 0 Å². The van der Waals surface area contributed by atoms with Crippen LogP contribution in [-0.2, 0) is 57.2 Å². The van der Waals surface area contributed by atoms with Crippen LogP contribution >= 0.6 is 0 Å². The second kappa shape index (κ2) is 13.5. The molecule has 0 fully saturated rings. The van der Waals surface area contributed by atoms with Gasteiger partial charge in [-0.3, -0.25) is 0 Å². The van der Waals surface area contributed by atoms with Crippen LogP contribution in [0.25, 0.3) is 0 Å². The number of rotatable bonds is 12. The lowest BCUT2D eigenvalue weighted by Gasteiger charge is -2.16. The first kappa shape index (κ1) is 29.9. The van der Waals surface area contributed by atoms with Crippen molar-refractivity contribution in [3.63, 3.8) is 0 Å². The number of ether oxygens (including phenoxy) is 1. The van der Waals surface area contributed by atoms with Gasteiger partial charge in [-0.25, -0.2) is 0 Å². The Labute approximate surface area is 237 Å². The topological polar surface area (TPSA) is 171 Å². The maximum absolute atomic E-state index is 11.0. The molecule has 0 aliphatic carbocycles. The Morgan fingerprint density at radius 2 is 0.756 bits per heavy atom. The third-order valence-corrected chi connectivity index (χ3v) is 7.04. The van der Waals surface area contributed by atoms with E-state index < -0.39 is 0 Å². The van der Waals surface area contributed by atoms with Gasteiger partial charge in [-0.05, 0) is 57.6 Å². The van der Waals surface area contributed by atoms with Gasteiger partial charge in [0.05, 0.1) is 39.6 Å². The van der Waals surface area contributed by atoms with Gasteiger partial charge in [0.15, 0.2) is 0 Å². The van der Waals surface area contributed by atoms with E-state index in [2.05, 4.69) is 0 Å². The van der Waals surface area contributed by atoms with Gasteiger partial charge in [-0.2, -0.15) is 0 Å². The molecule has 0 aliphatic heterocycles. The van der Waals surface area contributed by atoms with E-state index in [-0.39, 0.29) is 75.5 Å². The average molecular weight is 563 g/mol. The molecular weight excluding hydrogens is 528 g/mol. The number of aliphatic hydroxyl groups is 4. The molecule has 0 atom stereocenters. The van der Waals surface area contributed by atoms with Crippen LogP contribution < -0.4 is 0 Å². The van der Waals surface area contributed by atoms with Gasteiger partial charge in [0, 0.05) is 35.1 Å². The summed E-state index contributed by atoms with van der Waals surface area (Å²) >= 11 is 0. The van der Waals surface area contributed by atoms with Crippen LogP contribution in [0.3, 0.4) is 0 Å². The van der Waals surface area contributed by atoms with Crippen molar-refractivity contribution in [2.45, 2.75) is 52.5 Å². The van der Waals surface area contributed by atoms with Gasteiger partial charge >= 0.3 is 0 Å². The molecule has 0 aliphatic rings. The van der Waals surface area contributed by atoms with Crippen molar-refractivity contribution in [3.05, 3.63) is 116 Å². The Kier molecular flexibility index (Phi) is 9.82. The third kappa shape index (κ3) is 6.79. The van der Waals surface area contributed by atoms with Crippen molar-refractivity contribution in [2.24, 2.45) is 0 Å². The molecule has 216 valence electrons. The highest BCUT2D eigenvalue weighted by Gasteiger charge is 2.17. The van der Waals surface area contributed by atoms with Gasteiger partial charge in [0.25, 0.3) is 0 Å². The smallest absolute Gasteiger partial charge is 0.124 e. The van der Waals surface area contributed by atoms with Crippen molar-refractivity contribution in [3.8, 4) is 23.0 Å².